The molecule has 6 heteroatoms. The molecule has 1 aliphatic carbocycles. The number of hydrogen-bond donors (Lipinski definition) is 1. The van der Waals surface area contributed by atoms with E-state index in [0.29, 0.717) is 0 Å². The van der Waals surface area contributed by atoms with Crippen LogP contribution in [0, 0.1) is 0 Å². The third-order valence-electron chi connectivity index (χ3n) is 4.20. The van der Waals surface area contributed by atoms with Crippen molar-refractivity contribution in [2.75, 3.05) is 39.3 Å². The summed E-state index contributed by atoms with van der Waals surface area (Å²) in [5.74, 6) is 0. The molecule has 0 amide bonds. The second-order valence-corrected chi connectivity index (χ2v) is 5.30. The molecule has 110 valence electrons. The quantitative estimate of drug-likeness (QED) is 0.837. The lowest BCUT2D eigenvalue weighted by atomic mass is 10.1. The van der Waals surface area contributed by atoms with Gasteiger partial charge in [-0.2, -0.15) is 0 Å². The normalized spacial score (nSPS) is 29.7. The van der Waals surface area contributed by atoms with Crippen LogP contribution >= 0.6 is 37.2 Å². The third-order valence-corrected chi connectivity index (χ3v) is 4.20. The first-order chi connectivity index (χ1) is 7.43. The van der Waals surface area contributed by atoms with Crippen molar-refractivity contribution in [2.45, 2.75) is 37.8 Å². The highest BCUT2D eigenvalue weighted by atomic mass is 35.5. The minimum atomic E-state index is 0. The van der Waals surface area contributed by atoms with Crippen LogP contribution in [0.5, 0.6) is 0 Å². The average Bonchev–Trinajstić information content (AvgIpc) is 3.15. The van der Waals surface area contributed by atoms with Gasteiger partial charge in [0, 0.05) is 44.8 Å². The number of piperidine rings is 1. The molecule has 0 radical (unpaired) electrons. The van der Waals surface area contributed by atoms with Gasteiger partial charge in [-0.05, 0) is 32.2 Å². The Labute approximate surface area is 129 Å². The van der Waals surface area contributed by atoms with E-state index < -0.39 is 0 Å². The molecule has 3 aliphatic rings. The lowest BCUT2D eigenvalue weighted by molar-refractivity contribution is 0.0804. The fourth-order valence-electron chi connectivity index (χ4n) is 3.05. The monoisotopic (exact) mass is 317 g/mol. The summed E-state index contributed by atoms with van der Waals surface area (Å²) in [6.07, 6.45) is 5.71. The van der Waals surface area contributed by atoms with Crippen LogP contribution in [0.4, 0.5) is 0 Å². The van der Waals surface area contributed by atoms with E-state index in [1.165, 1.54) is 65.0 Å². The summed E-state index contributed by atoms with van der Waals surface area (Å²) in [7, 11) is 0. The van der Waals surface area contributed by atoms with E-state index in [-0.39, 0.29) is 37.2 Å². The van der Waals surface area contributed by atoms with Crippen LogP contribution in [0.1, 0.15) is 25.7 Å². The zero-order valence-electron chi connectivity index (χ0n) is 10.8. The number of rotatable bonds is 2. The molecule has 0 bridgehead atoms. The Morgan fingerprint density at radius 1 is 0.722 bits per heavy atom. The van der Waals surface area contributed by atoms with Crippen LogP contribution in [-0.4, -0.2) is 61.2 Å². The van der Waals surface area contributed by atoms with E-state index in [1.807, 2.05) is 0 Å². The maximum atomic E-state index is 3.52. The van der Waals surface area contributed by atoms with Crippen LogP contribution < -0.4 is 5.32 Å². The van der Waals surface area contributed by atoms with Crippen molar-refractivity contribution in [3.05, 3.63) is 0 Å². The molecule has 3 nitrogen and oxygen atoms in total. The van der Waals surface area contributed by atoms with Crippen LogP contribution in [0.15, 0.2) is 0 Å². The summed E-state index contributed by atoms with van der Waals surface area (Å²) < 4.78 is 0. The molecule has 1 N–H and O–H groups in total. The molecular weight excluding hydrogens is 293 g/mol. The first kappa shape index (κ1) is 18.8. The zero-order chi connectivity index (χ0) is 10.1. The summed E-state index contributed by atoms with van der Waals surface area (Å²) in [5, 5.41) is 3.52. The summed E-state index contributed by atoms with van der Waals surface area (Å²) in [5.41, 5.74) is 0. The Balaban J connectivity index is 0.000000963. The number of hydrogen-bond acceptors (Lipinski definition) is 3. The molecule has 0 aromatic rings. The largest absolute Gasteiger partial charge is 0.315 e. The summed E-state index contributed by atoms with van der Waals surface area (Å²) >= 11 is 0. The number of nitrogens with one attached hydrogen (secondary N) is 1. The van der Waals surface area contributed by atoms with E-state index >= 15 is 0 Å². The molecule has 1 atom stereocenters. The highest BCUT2D eigenvalue weighted by Crippen LogP contribution is 2.28. The lowest BCUT2D eigenvalue weighted by Crippen LogP contribution is -2.54. The second kappa shape index (κ2) is 8.83. The van der Waals surface area contributed by atoms with Crippen molar-refractivity contribution < 1.29 is 0 Å². The number of halogens is 3. The molecule has 1 unspecified atom stereocenters. The Morgan fingerprint density at radius 3 is 1.72 bits per heavy atom. The molecular formula is C12H26Cl3N3. The van der Waals surface area contributed by atoms with Crippen LogP contribution in [0.3, 0.4) is 0 Å². The van der Waals surface area contributed by atoms with Gasteiger partial charge in [0.15, 0.2) is 0 Å². The SMILES string of the molecule is C1CNCC(N2CCN(C3CC3)CC2)C1.Cl.Cl.Cl. The van der Waals surface area contributed by atoms with Crippen molar-refractivity contribution in [3.8, 4) is 0 Å². The van der Waals surface area contributed by atoms with Gasteiger partial charge in [-0.1, -0.05) is 0 Å². The number of nitrogens with zero attached hydrogens (tertiary/aromatic N) is 2. The average molecular weight is 319 g/mol. The van der Waals surface area contributed by atoms with Gasteiger partial charge in [0.1, 0.15) is 0 Å². The fourth-order valence-corrected chi connectivity index (χ4v) is 3.05. The maximum absolute atomic E-state index is 3.52. The van der Waals surface area contributed by atoms with Gasteiger partial charge in [-0.3, -0.25) is 9.80 Å². The van der Waals surface area contributed by atoms with Crippen LogP contribution in [-0.2, 0) is 0 Å². The molecule has 2 heterocycles. The third kappa shape index (κ3) is 4.69. The highest BCUT2D eigenvalue weighted by Gasteiger charge is 2.32. The predicted octanol–water partition coefficient (Wildman–Crippen LogP) is 1.78. The minimum Gasteiger partial charge on any atom is -0.315 e. The van der Waals surface area contributed by atoms with E-state index in [9.17, 15) is 0 Å². The van der Waals surface area contributed by atoms with Gasteiger partial charge < -0.3 is 5.32 Å². The topological polar surface area (TPSA) is 18.5 Å². The maximum Gasteiger partial charge on any atom is 0.0222 e. The lowest BCUT2D eigenvalue weighted by Gasteiger charge is -2.41. The molecule has 0 spiro atoms. The van der Waals surface area contributed by atoms with Gasteiger partial charge in [0.25, 0.3) is 0 Å². The van der Waals surface area contributed by atoms with Crippen molar-refractivity contribution in [1.29, 1.82) is 0 Å². The summed E-state index contributed by atoms with van der Waals surface area (Å²) in [4.78, 5) is 5.41. The molecule has 2 aliphatic heterocycles. The Kier molecular flexibility index (Phi) is 9.20. The molecule has 0 aromatic heterocycles. The van der Waals surface area contributed by atoms with Crippen molar-refractivity contribution in [1.82, 2.24) is 15.1 Å². The van der Waals surface area contributed by atoms with Gasteiger partial charge in [-0.15, -0.1) is 37.2 Å². The summed E-state index contributed by atoms with van der Waals surface area (Å²) in [6, 6.07) is 1.80. The van der Waals surface area contributed by atoms with Crippen molar-refractivity contribution in [2.24, 2.45) is 0 Å². The zero-order valence-corrected chi connectivity index (χ0v) is 13.3. The van der Waals surface area contributed by atoms with Gasteiger partial charge >= 0.3 is 0 Å². The minimum absolute atomic E-state index is 0. The number of piperazine rings is 1. The predicted molar refractivity (Wildman–Crippen MR) is 83.8 cm³/mol. The Morgan fingerprint density at radius 2 is 1.28 bits per heavy atom. The standard InChI is InChI=1S/C12H23N3.3ClH/c1-2-12(10-13-5-1)15-8-6-14(7-9-15)11-3-4-11;;;/h11-13H,1-10H2;3*1H. The molecule has 0 aromatic carbocycles. The highest BCUT2D eigenvalue weighted by molar-refractivity contribution is 5.86. The Bertz CT molecular complexity index is 213. The summed E-state index contributed by atoms with van der Waals surface area (Å²) in [6.45, 7) is 7.72. The van der Waals surface area contributed by atoms with Crippen molar-refractivity contribution in [3.63, 3.8) is 0 Å². The fraction of sp³-hybridized carbons (Fsp3) is 1.00. The van der Waals surface area contributed by atoms with E-state index in [1.54, 1.807) is 0 Å². The molecule has 3 rings (SSSR count). The van der Waals surface area contributed by atoms with Gasteiger partial charge in [-0.25, -0.2) is 0 Å². The molecule has 18 heavy (non-hydrogen) atoms. The Hall–Kier alpha value is 0.750. The van der Waals surface area contributed by atoms with Crippen molar-refractivity contribution >= 4 is 37.2 Å². The van der Waals surface area contributed by atoms with Gasteiger partial charge in [0.2, 0.25) is 0 Å². The molecule has 3 fully saturated rings. The second-order valence-electron chi connectivity index (χ2n) is 5.30. The van der Waals surface area contributed by atoms with E-state index in [0.717, 1.165) is 12.1 Å². The van der Waals surface area contributed by atoms with Crippen LogP contribution in [0.2, 0.25) is 0 Å². The molecule has 1 saturated carbocycles. The van der Waals surface area contributed by atoms with Crippen LogP contribution in [0.25, 0.3) is 0 Å². The van der Waals surface area contributed by atoms with Gasteiger partial charge in [0.05, 0.1) is 0 Å². The van der Waals surface area contributed by atoms with E-state index in [2.05, 4.69) is 15.1 Å². The smallest absolute Gasteiger partial charge is 0.0222 e. The molecule has 2 saturated heterocycles. The van der Waals surface area contributed by atoms with E-state index in [4.69, 9.17) is 0 Å². The first-order valence-corrected chi connectivity index (χ1v) is 6.62. The first-order valence-electron chi connectivity index (χ1n) is 6.62.